The summed E-state index contributed by atoms with van der Waals surface area (Å²) in [4.78, 5) is 16.0. The maximum absolute atomic E-state index is 5.46. The molecule has 3 aromatic heterocycles. The maximum Gasteiger partial charge on any atom is 0.165 e. The Morgan fingerprint density at radius 1 is 0.306 bits per heavy atom. The minimum atomic E-state index is 0.587. The van der Waals surface area contributed by atoms with Crippen molar-refractivity contribution in [2.75, 3.05) is 0 Å². The molecule has 0 atom stereocenters. The van der Waals surface area contributed by atoms with Crippen LogP contribution >= 0.6 is 0 Å². The average Bonchev–Trinajstić information content (AvgIpc) is 3.92. The smallest absolute Gasteiger partial charge is 0.165 e. The highest BCUT2D eigenvalue weighted by Gasteiger charge is 2.27. The van der Waals surface area contributed by atoms with Gasteiger partial charge in [-0.25, -0.2) is 19.6 Å². The van der Waals surface area contributed by atoms with Gasteiger partial charge in [-0.2, -0.15) is 5.10 Å². The fraction of sp³-hybridized carbons (Fsp3) is 0. The van der Waals surface area contributed by atoms with Crippen LogP contribution in [0.4, 0.5) is 0 Å². The van der Waals surface area contributed by atoms with Gasteiger partial charge in [0.25, 0.3) is 0 Å². The summed E-state index contributed by atoms with van der Waals surface area (Å²) in [6.45, 7) is 0. The van der Waals surface area contributed by atoms with Crippen molar-refractivity contribution >= 4 is 43.5 Å². The molecule has 0 saturated heterocycles. The summed E-state index contributed by atoms with van der Waals surface area (Å²) in [5.74, 6) is 1.78. The first-order chi connectivity index (χ1) is 30.8. The highest BCUT2D eigenvalue weighted by Crippen LogP contribution is 2.48. The van der Waals surface area contributed by atoms with Gasteiger partial charge in [-0.05, 0) is 59.5 Å². The Kier molecular flexibility index (Phi) is 8.38. The van der Waals surface area contributed by atoms with Crippen molar-refractivity contribution in [3.05, 3.63) is 218 Å². The monoisotopic (exact) mass is 792 g/mol. The van der Waals surface area contributed by atoms with Gasteiger partial charge in [-0.3, -0.25) is 0 Å². The minimum Gasteiger partial charge on any atom is -0.309 e. The third kappa shape index (κ3) is 5.80. The molecule has 0 spiro atoms. The standard InChI is InChI=1S/C56H36N6/c1-5-19-37(20-6-1)49-50(45-29-13-14-30-46(45)53-51(49)52(38-21-7-2-8-22-38)60-62(53)42-25-11-4-12-26-42)56-58-54(39-23-9-3-10-24-39)57-55(59-56)40-33-35-41(36-34-40)61-47-31-17-15-27-43(47)44-28-16-18-32-48(44)61/h1-36H. The van der Waals surface area contributed by atoms with Gasteiger partial charge in [0.1, 0.15) is 5.69 Å². The molecule has 62 heavy (non-hydrogen) atoms. The highest BCUT2D eigenvalue weighted by atomic mass is 15.3. The topological polar surface area (TPSA) is 61.4 Å². The van der Waals surface area contributed by atoms with Crippen LogP contribution in [0.5, 0.6) is 0 Å². The molecule has 0 aliphatic carbocycles. The van der Waals surface area contributed by atoms with Gasteiger partial charge in [0.05, 0.1) is 22.2 Å². The zero-order chi connectivity index (χ0) is 41.0. The van der Waals surface area contributed by atoms with Crippen LogP contribution in [0.2, 0.25) is 0 Å². The fourth-order valence-electron chi connectivity index (χ4n) is 9.04. The Morgan fingerprint density at radius 3 is 1.35 bits per heavy atom. The van der Waals surface area contributed by atoms with Crippen molar-refractivity contribution < 1.29 is 0 Å². The van der Waals surface area contributed by atoms with Gasteiger partial charge >= 0.3 is 0 Å². The van der Waals surface area contributed by atoms with Crippen molar-refractivity contribution in [1.82, 2.24) is 29.3 Å². The van der Waals surface area contributed by atoms with E-state index in [1.807, 2.05) is 30.3 Å². The number of aromatic nitrogens is 6. The number of rotatable bonds is 7. The molecule has 3 heterocycles. The molecule has 0 bridgehead atoms. The van der Waals surface area contributed by atoms with Gasteiger partial charge in [0.2, 0.25) is 0 Å². The second-order valence-electron chi connectivity index (χ2n) is 15.4. The van der Waals surface area contributed by atoms with E-state index in [1.54, 1.807) is 0 Å². The summed E-state index contributed by atoms with van der Waals surface area (Å²) in [7, 11) is 0. The fourth-order valence-corrected chi connectivity index (χ4v) is 9.04. The average molecular weight is 793 g/mol. The largest absolute Gasteiger partial charge is 0.309 e. The van der Waals surface area contributed by atoms with Crippen LogP contribution in [-0.4, -0.2) is 29.3 Å². The lowest BCUT2D eigenvalue weighted by Gasteiger charge is -2.18. The molecule has 0 N–H and O–H groups in total. The molecule has 290 valence electrons. The molecule has 0 amide bonds. The van der Waals surface area contributed by atoms with Crippen LogP contribution in [0.25, 0.3) is 111 Å². The van der Waals surface area contributed by atoms with E-state index in [0.29, 0.717) is 17.5 Å². The van der Waals surface area contributed by atoms with E-state index in [9.17, 15) is 0 Å². The second-order valence-corrected chi connectivity index (χ2v) is 15.4. The van der Waals surface area contributed by atoms with E-state index in [4.69, 9.17) is 20.1 Å². The number of hydrogen-bond donors (Lipinski definition) is 0. The van der Waals surface area contributed by atoms with Crippen molar-refractivity contribution in [2.24, 2.45) is 0 Å². The minimum absolute atomic E-state index is 0.587. The Balaban J connectivity index is 1.15. The van der Waals surface area contributed by atoms with Crippen molar-refractivity contribution in [2.45, 2.75) is 0 Å². The quantitative estimate of drug-likeness (QED) is 0.161. The molecule has 6 nitrogen and oxygen atoms in total. The Morgan fingerprint density at radius 2 is 0.758 bits per heavy atom. The normalized spacial score (nSPS) is 11.5. The summed E-state index contributed by atoms with van der Waals surface area (Å²) in [6, 6.07) is 76.0. The number of benzene rings is 9. The Bertz CT molecular complexity index is 3540. The van der Waals surface area contributed by atoms with Crippen LogP contribution < -0.4 is 0 Å². The van der Waals surface area contributed by atoms with Crippen LogP contribution in [-0.2, 0) is 0 Å². The Hall–Kier alpha value is -8.48. The molecule has 9 aromatic carbocycles. The zero-order valence-corrected chi connectivity index (χ0v) is 33.5. The summed E-state index contributed by atoms with van der Waals surface area (Å²) in [5.41, 5.74) is 12.1. The molecule has 0 aliphatic heterocycles. The molecule has 0 unspecified atom stereocenters. The summed E-state index contributed by atoms with van der Waals surface area (Å²) < 4.78 is 4.43. The lowest BCUT2D eigenvalue weighted by molar-refractivity contribution is 0.918. The van der Waals surface area contributed by atoms with Crippen LogP contribution in [0.15, 0.2) is 218 Å². The zero-order valence-electron chi connectivity index (χ0n) is 33.5. The van der Waals surface area contributed by atoms with Crippen LogP contribution in [0.1, 0.15) is 0 Å². The van der Waals surface area contributed by atoms with Gasteiger partial charge < -0.3 is 4.57 Å². The predicted molar refractivity (Wildman–Crippen MR) is 253 cm³/mol. The lowest BCUT2D eigenvalue weighted by Crippen LogP contribution is -2.03. The molecule has 12 rings (SSSR count). The third-order valence-electron chi connectivity index (χ3n) is 11.8. The van der Waals surface area contributed by atoms with Gasteiger partial charge in [0, 0.05) is 55.0 Å². The van der Waals surface area contributed by atoms with E-state index >= 15 is 0 Å². The van der Waals surface area contributed by atoms with Crippen LogP contribution in [0, 0.1) is 0 Å². The summed E-state index contributed by atoms with van der Waals surface area (Å²) in [6.07, 6.45) is 0. The molecular weight excluding hydrogens is 757 g/mol. The lowest BCUT2D eigenvalue weighted by atomic mass is 9.88. The molecule has 0 radical (unpaired) electrons. The molecule has 0 aliphatic rings. The van der Waals surface area contributed by atoms with E-state index in [0.717, 1.165) is 83.2 Å². The van der Waals surface area contributed by atoms with Gasteiger partial charge in [-0.15, -0.1) is 0 Å². The van der Waals surface area contributed by atoms with E-state index < -0.39 is 0 Å². The van der Waals surface area contributed by atoms with Crippen molar-refractivity contribution in [3.63, 3.8) is 0 Å². The first-order valence-corrected chi connectivity index (χ1v) is 20.8. The first kappa shape index (κ1) is 35.5. The van der Waals surface area contributed by atoms with E-state index in [-0.39, 0.29) is 0 Å². The molecule has 0 saturated carbocycles. The number of fused-ring (bicyclic) bond motifs is 6. The number of para-hydroxylation sites is 3. The van der Waals surface area contributed by atoms with Crippen molar-refractivity contribution in [1.29, 1.82) is 0 Å². The predicted octanol–water partition coefficient (Wildman–Crippen LogP) is 13.8. The third-order valence-corrected chi connectivity index (χ3v) is 11.8. The maximum atomic E-state index is 5.46. The van der Waals surface area contributed by atoms with Gasteiger partial charge in [-0.1, -0.05) is 170 Å². The molecule has 6 heteroatoms. The SMILES string of the molecule is c1ccc(-c2nc(-c3ccc(-n4c5ccccc5c5ccccc54)cc3)nc(-c3c(-c4ccccc4)c4c(-c5ccccc5)nn(-c5ccccc5)c4c4ccccc34)n2)cc1. The summed E-state index contributed by atoms with van der Waals surface area (Å²) >= 11 is 0. The Labute approximate surface area is 357 Å². The molecular formula is C56H36N6. The van der Waals surface area contributed by atoms with Crippen molar-refractivity contribution in [3.8, 4) is 67.9 Å². The molecule has 12 aromatic rings. The summed E-state index contributed by atoms with van der Waals surface area (Å²) in [5, 5.41) is 11.0. The molecule has 0 fully saturated rings. The number of nitrogens with zero attached hydrogens (tertiary/aromatic N) is 6. The van der Waals surface area contributed by atoms with E-state index in [1.165, 1.54) is 10.8 Å². The first-order valence-electron chi connectivity index (χ1n) is 20.8. The van der Waals surface area contributed by atoms with Crippen LogP contribution in [0.3, 0.4) is 0 Å². The highest BCUT2D eigenvalue weighted by molar-refractivity contribution is 6.23. The number of hydrogen-bond acceptors (Lipinski definition) is 4. The van der Waals surface area contributed by atoms with E-state index in [2.05, 4.69) is 197 Å². The van der Waals surface area contributed by atoms with Gasteiger partial charge in [0.15, 0.2) is 17.5 Å². The second kappa shape index (κ2) is 14.7.